The molecule has 0 aliphatic carbocycles. The molecule has 3 aliphatic rings. The van der Waals surface area contributed by atoms with Gasteiger partial charge in [-0.15, -0.1) is 0 Å². The van der Waals surface area contributed by atoms with E-state index in [0.29, 0.717) is 25.9 Å². The van der Waals surface area contributed by atoms with Crippen LogP contribution in [0.3, 0.4) is 0 Å². The number of rotatable bonds is 5. The van der Waals surface area contributed by atoms with Crippen molar-refractivity contribution in [3.05, 3.63) is 0 Å². The van der Waals surface area contributed by atoms with Gasteiger partial charge in [-0.25, -0.2) is 12.7 Å². The third-order valence-corrected chi connectivity index (χ3v) is 8.27. The first-order chi connectivity index (χ1) is 12.8. The first kappa shape index (κ1) is 21.1. The van der Waals surface area contributed by atoms with Crippen molar-refractivity contribution >= 4 is 15.9 Å². The van der Waals surface area contributed by atoms with Crippen molar-refractivity contribution in [2.45, 2.75) is 64.3 Å². The van der Waals surface area contributed by atoms with E-state index in [1.807, 2.05) is 4.90 Å². The number of carbonyl (C=O) groups is 1. The van der Waals surface area contributed by atoms with Crippen LogP contribution in [-0.4, -0.2) is 80.0 Å². The highest BCUT2D eigenvalue weighted by molar-refractivity contribution is 7.88. The van der Waals surface area contributed by atoms with Gasteiger partial charge >= 0.3 is 0 Å². The van der Waals surface area contributed by atoms with E-state index in [2.05, 4.69) is 11.8 Å². The predicted octanol–water partition coefficient (Wildman–Crippen LogP) is 2.16. The van der Waals surface area contributed by atoms with Gasteiger partial charge in [0.05, 0.1) is 6.26 Å². The number of carbonyl (C=O) groups excluding carboxylic acids is 1. The number of likely N-dealkylation sites (tertiary alicyclic amines) is 2. The molecule has 3 saturated heterocycles. The number of nitrogens with zero attached hydrogens (tertiary/aromatic N) is 3. The molecule has 0 bridgehead atoms. The molecule has 3 heterocycles. The molecule has 0 aromatic rings. The van der Waals surface area contributed by atoms with E-state index < -0.39 is 10.0 Å². The molecule has 7 heteroatoms. The lowest BCUT2D eigenvalue weighted by Crippen LogP contribution is -2.46. The maximum absolute atomic E-state index is 12.8. The van der Waals surface area contributed by atoms with Gasteiger partial charge in [-0.1, -0.05) is 6.42 Å². The summed E-state index contributed by atoms with van der Waals surface area (Å²) in [6.45, 7) is 7.56. The second-order valence-corrected chi connectivity index (χ2v) is 10.9. The number of hydrogen-bond acceptors (Lipinski definition) is 4. The predicted molar refractivity (Wildman–Crippen MR) is 108 cm³/mol. The van der Waals surface area contributed by atoms with Gasteiger partial charge in [0, 0.05) is 38.1 Å². The molecule has 3 aliphatic heterocycles. The second-order valence-electron chi connectivity index (χ2n) is 8.87. The molecule has 156 valence electrons. The molecule has 0 saturated carbocycles. The van der Waals surface area contributed by atoms with Crippen LogP contribution in [0, 0.1) is 11.8 Å². The number of sulfonamides is 1. The summed E-state index contributed by atoms with van der Waals surface area (Å²) < 4.78 is 24.8. The maximum atomic E-state index is 12.8. The molecule has 1 amide bonds. The Bertz CT molecular complexity index is 594. The van der Waals surface area contributed by atoms with Crippen LogP contribution >= 0.6 is 0 Å². The summed E-state index contributed by atoms with van der Waals surface area (Å²) in [6.07, 6.45) is 10.1. The van der Waals surface area contributed by atoms with Crippen LogP contribution in [0.4, 0.5) is 0 Å². The average Bonchev–Trinajstić information content (AvgIpc) is 2.67. The summed E-state index contributed by atoms with van der Waals surface area (Å²) in [7, 11) is -3.12. The standard InChI is InChI=1S/C20H37N3O3S/c1-17-5-3-4-11-21(17)12-6-18-7-13-22(14-8-18)20(24)19-9-15-23(16-10-19)27(2,25)26/h17-19H,3-16H2,1-2H3/t17-/m0/s1. The minimum Gasteiger partial charge on any atom is -0.342 e. The lowest BCUT2D eigenvalue weighted by Gasteiger charge is -2.38. The second kappa shape index (κ2) is 9.23. The lowest BCUT2D eigenvalue weighted by molar-refractivity contribution is -0.138. The van der Waals surface area contributed by atoms with Crippen molar-refractivity contribution < 1.29 is 13.2 Å². The van der Waals surface area contributed by atoms with Gasteiger partial charge in [0.1, 0.15) is 0 Å². The Hall–Kier alpha value is -0.660. The Labute approximate surface area is 165 Å². The van der Waals surface area contributed by atoms with Crippen molar-refractivity contribution in [1.29, 1.82) is 0 Å². The summed E-state index contributed by atoms with van der Waals surface area (Å²) >= 11 is 0. The highest BCUT2D eigenvalue weighted by Crippen LogP contribution is 2.27. The minimum absolute atomic E-state index is 0.00810. The normalized spacial score (nSPS) is 27.8. The first-order valence-corrected chi connectivity index (χ1v) is 12.7. The molecule has 0 aromatic heterocycles. The molecule has 3 fully saturated rings. The van der Waals surface area contributed by atoms with E-state index in [9.17, 15) is 13.2 Å². The molecule has 0 unspecified atom stereocenters. The Morgan fingerprint density at radius 3 is 2.19 bits per heavy atom. The molecule has 27 heavy (non-hydrogen) atoms. The highest BCUT2D eigenvalue weighted by Gasteiger charge is 2.33. The minimum atomic E-state index is -3.12. The summed E-state index contributed by atoms with van der Waals surface area (Å²) in [5.41, 5.74) is 0. The number of amides is 1. The van der Waals surface area contributed by atoms with Crippen LogP contribution in [0.25, 0.3) is 0 Å². The van der Waals surface area contributed by atoms with Crippen LogP contribution in [0.1, 0.15) is 58.3 Å². The van der Waals surface area contributed by atoms with Gasteiger partial charge in [-0.2, -0.15) is 0 Å². The summed E-state index contributed by atoms with van der Waals surface area (Å²) in [6, 6.07) is 0.734. The largest absolute Gasteiger partial charge is 0.342 e. The molecule has 0 N–H and O–H groups in total. The van der Waals surface area contributed by atoms with Crippen LogP contribution < -0.4 is 0 Å². The van der Waals surface area contributed by atoms with Crippen molar-refractivity contribution in [2.24, 2.45) is 11.8 Å². The van der Waals surface area contributed by atoms with Gasteiger partial charge in [0.25, 0.3) is 0 Å². The maximum Gasteiger partial charge on any atom is 0.225 e. The quantitative estimate of drug-likeness (QED) is 0.711. The molecular formula is C20H37N3O3S. The van der Waals surface area contributed by atoms with Crippen molar-refractivity contribution in [1.82, 2.24) is 14.1 Å². The molecule has 0 radical (unpaired) electrons. The van der Waals surface area contributed by atoms with Crippen LogP contribution in [0.5, 0.6) is 0 Å². The molecule has 6 nitrogen and oxygen atoms in total. The summed E-state index contributed by atoms with van der Waals surface area (Å²) in [4.78, 5) is 17.5. The Balaban J connectivity index is 1.38. The monoisotopic (exact) mass is 399 g/mol. The van der Waals surface area contributed by atoms with Crippen molar-refractivity contribution in [3.63, 3.8) is 0 Å². The smallest absolute Gasteiger partial charge is 0.225 e. The zero-order chi connectivity index (χ0) is 19.4. The van der Waals surface area contributed by atoms with Gasteiger partial charge in [-0.3, -0.25) is 4.79 Å². The van der Waals surface area contributed by atoms with Crippen LogP contribution in [-0.2, 0) is 14.8 Å². The van der Waals surface area contributed by atoms with Crippen molar-refractivity contribution in [2.75, 3.05) is 45.5 Å². The summed E-state index contributed by atoms with van der Waals surface area (Å²) in [5.74, 6) is 1.01. The topological polar surface area (TPSA) is 60.9 Å². The third-order valence-electron chi connectivity index (χ3n) is 6.96. The fraction of sp³-hybridized carbons (Fsp3) is 0.950. The molecule has 3 rings (SSSR count). The lowest BCUT2D eigenvalue weighted by atomic mass is 9.90. The highest BCUT2D eigenvalue weighted by atomic mass is 32.2. The zero-order valence-corrected chi connectivity index (χ0v) is 17.9. The van der Waals surface area contributed by atoms with E-state index in [1.54, 1.807) is 0 Å². The third kappa shape index (κ3) is 5.67. The first-order valence-electron chi connectivity index (χ1n) is 10.8. The van der Waals surface area contributed by atoms with E-state index in [4.69, 9.17) is 0 Å². The van der Waals surface area contributed by atoms with Gasteiger partial charge in [0.15, 0.2) is 0 Å². The van der Waals surface area contributed by atoms with E-state index in [-0.39, 0.29) is 11.8 Å². The van der Waals surface area contributed by atoms with Crippen molar-refractivity contribution in [3.8, 4) is 0 Å². The van der Waals surface area contributed by atoms with Gasteiger partial charge < -0.3 is 9.80 Å². The summed E-state index contributed by atoms with van der Waals surface area (Å²) in [5, 5.41) is 0. The number of piperidine rings is 3. The Morgan fingerprint density at radius 2 is 1.59 bits per heavy atom. The molecule has 0 spiro atoms. The SMILES string of the molecule is C[C@H]1CCCCN1CCC1CCN(C(=O)C2CCN(S(C)(=O)=O)CC2)CC1. The molecule has 0 aromatic carbocycles. The molecular weight excluding hydrogens is 362 g/mol. The van der Waals surface area contributed by atoms with Gasteiger partial charge in [0.2, 0.25) is 15.9 Å². The zero-order valence-electron chi connectivity index (χ0n) is 17.1. The average molecular weight is 400 g/mol. The number of hydrogen-bond donors (Lipinski definition) is 0. The van der Waals surface area contributed by atoms with E-state index in [0.717, 1.165) is 37.9 Å². The van der Waals surface area contributed by atoms with E-state index >= 15 is 0 Å². The van der Waals surface area contributed by atoms with Gasteiger partial charge in [-0.05, 0) is 70.9 Å². The van der Waals surface area contributed by atoms with Crippen LogP contribution in [0.2, 0.25) is 0 Å². The fourth-order valence-corrected chi connectivity index (χ4v) is 5.85. The molecule has 1 atom stereocenters. The fourth-order valence-electron chi connectivity index (χ4n) is 4.97. The Morgan fingerprint density at radius 1 is 0.926 bits per heavy atom. The Kier molecular flexibility index (Phi) is 7.20. The van der Waals surface area contributed by atoms with Crippen LogP contribution in [0.15, 0.2) is 0 Å². The van der Waals surface area contributed by atoms with E-state index in [1.165, 1.54) is 49.3 Å².